The number of anilines is 1. The molecule has 158 valence electrons. The highest BCUT2D eigenvalue weighted by atomic mass is 32.2. The summed E-state index contributed by atoms with van der Waals surface area (Å²) in [5.74, 6) is -1.37. The third-order valence-electron chi connectivity index (χ3n) is 4.99. The van der Waals surface area contributed by atoms with Crippen LogP contribution in [0.4, 0.5) is 10.4 Å². The summed E-state index contributed by atoms with van der Waals surface area (Å²) in [7, 11) is -4.11. The predicted octanol–water partition coefficient (Wildman–Crippen LogP) is 2.03. The van der Waals surface area contributed by atoms with Crippen molar-refractivity contribution in [1.82, 2.24) is 15.0 Å². The van der Waals surface area contributed by atoms with E-state index in [4.69, 9.17) is 4.42 Å². The van der Waals surface area contributed by atoms with Crippen molar-refractivity contribution in [2.24, 2.45) is 0 Å². The Morgan fingerprint density at radius 2 is 1.97 bits per heavy atom. The molecule has 1 unspecified atom stereocenters. The van der Waals surface area contributed by atoms with E-state index in [-0.39, 0.29) is 6.04 Å². The quantitative estimate of drug-likeness (QED) is 0.592. The van der Waals surface area contributed by atoms with Gasteiger partial charge in [-0.05, 0) is 37.1 Å². The average Bonchev–Trinajstić information content (AvgIpc) is 3.37. The molecule has 1 aliphatic rings. The Kier molecular flexibility index (Phi) is 5.69. The van der Waals surface area contributed by atoms with Gasteiger partial charge in [0.2, 0.25) is 15.9 Å². The molecule has 3 aromatic rings. The molecule has 30 heavy (non-hydrogen) atoms. The van der Waals surface area contributed by atoms with Crippen LogP contribution in [-0.4, -0.2) is 45.0 Å². The zero-order valence-corrected chi connectivity index (χ0v) is 16.9. The van der Waals surface area contributed by atoms with E-state index in [2.05, 4.69) is 15.0 Å². The van der Waals surface area contributed by atoms with Crippen molar-refractivity contribution in [2.75, 3.05) is 24.5 Å². The number of aromatic nitrogens is 1. The Morgan fingerprint density at radius 1 is 1.20 bits per heavy atom. The van der Waals surface area contributed by atoms with E-state index in [1.54, 1.807) is 0 Å². The Hall–Kier alpha value is -2.98. The number of para-hydroxylation sites is 2. The van der Waals surface area contributed by atoms with Crippen LogP contribution in [0.15, 0.2) is 57.8 Å². The number of halogens is 1. The molecule has 1 fully saturated rings. The summed E-state index contributed by atoms with van der Waals surface area (Å²) in [6, 6.07) is 13.0. The monoisotopic (exact) mass is 432 g/mol. The van der Waals surface area contributed by atoms with E-state index >= 15 is 0 Å². The number of carbonyl (C=O) groups is 1. The Labute approximate surface area is 173 Å². The van der Waals surface area contributed by atoms with Gasteiger partial charge in [-0.2, -0.15) is 4.98 Å². The molecule has 1 atom stereocenters. The number of amides is 1. The molecule has 0 spiro atoms. The summed E-state index contributed by atoms with van der Waals surface area (Å²) in [4.78, 5) is 18.2. The Balaban J connectivity index is 1.33. The molecular formula is C20H21FN4O4S. The minimum absolute atomic E-state index is 0.00909. The maximum atomic E-state index is 13.7. The van der Waals surface area contributed by atoms with Gasteiger partial charge in [0.15, 0.2) is 5.58 Å². The second-order valence-corrected chi connectivity index (χ2v) is 8.75. The molecule has 10 heteroatoms. The molecule has 2 heterocycles. The molecule has 2 aromatic carbocycles. The number of oxazole rings is 1. The molecule has 1 aromatic heterocycles. The normalized spacial score (nSPS) is 16.8. The second-order valence-electron chi connectivity index (χ2n) is 7.01. The molecular weight excluding hydrogens is 411 g/mol. The van der Waals surface area contributed by atoms with Gasteiger partial charge in [-0.15, -0.1) is 0 Å². The fourth-order valence-corrected chi connectivity index (χ4v) is 4.54. The topological polar surface area (TPSA) is 105 Å². The third-order valence-corrected chi connectivity index (χ3v) is 6.42. The lowest BCUT2D eigenvalue weighted by Gasteiger charge is -2.23. The van der Waals surface area contributed by atoms with E-state index in [0.29, 0.717) is 18.1 Å². The smallest absolute Gasteiger partial charge is 0.298 e. The van der Waals surface area contributed by atoms with Gasteiger partial charge < -0.3 is 14.6 Å². The zero-order valence-electron chi connectivity index (χ0n) is 16.0. The van der Waals surface area contributed by atoms with Crippen molar-refractivity contribution in [2.45, 2.75) is 23.8 Å². The van der Waals surface area contributed by atoms with E-state index in [9.17, 15) is 17.6 Å². The zero-order chi connectivity index (χ0) is 21.1. The lowest BCUT2D eigenvalue weighted by Crippen LogP contribution is -2.44. The summed E-state index contributed by atoms with van der Waals surface area (Å²) in [6.45, 7) is 0.596. The van der Waals surface area contributed by atoms with E-state index in [1.807, 2.05) is 29.2 Å². The van der Waals surface area contributed by atoms with E-state index in [0.717, 1.165) is 37.0 Å². The van der Waals surface area contributed by atoms with Crippen LogP contribution in [0.2, 0.25) is 0 Å². The number of hydrogen-bond donors (Lipinski definition) is 2. The molecule has 1 saturated heterocycles. The fourth-order valence-electron chi connectivity index (χ4n) is 3.48. The van der Waals surface area contributed by atoms with Crippen molar-refractivity contribution in [3.8, 4) is 0 Å². The molecule has 0 bridgehead atoms. The number of fused-ring (bicyclic) bond motifs is 1. The maximum absolute atomic E-state index is 13.7. The first-order valence-corrected chi connectivity index (χ1v) is 11.1. The number of benzene rings is 2. The van der Waals surface area contributed by atoms with Crippen LogP contribution < -0.4 is 14.9 Å². The largest absolute Gasteiger partial charge is 0.423 e. The second kappa shape index (κ2) is 8.41. The van der Waals surface area contributed by atoms with Crippen LogP contribution in [0.25, 0.3) is 11.1 Å². The van der Waals surface area contributed by atoms with Crippen LogP contribution in [-0.2, 0) is 14.8 Å². The Morgan fingerprint density at radius 3 is 2.77 bits per heavy atom. The first-order valence-electron chi connectivity index (χ1n) is 9.57. The van der Waals surface area contributed by atoms with Crippen molar-refractivity contribution >= 4 is 33.0 Å². The highest BCUT2D eigenvalue weighted by Crippen LogP contribution is 2.27. The minimum Gasteiger partial charge on any atom is -0.423 e. The van der Waals surface area contributed by atoms with Crippen molar-refractivity contribution < 1.29 is 22.0 Å². The van der Waals surface area contributed by atoms with Crippen LogP contribution in [0.5, 0.6) is 0 Å². The van der Waals surface area contributed by atoms with Gasteiger partial charge in [-0.3, -0.25) is 4.79 Å². The van der Waals surface area contributed by atoms with Crippen LogP contribution in [0, 0.1) is 5.82 Å². The SMILES string of the molecule is O=C(CNS(=O)(=O)c1ccccc1F)NCC1CCCN1c1nc2ccccc2o1. The number of sulfonamides is 1. The van der Waals surface area contributed by atoms with Gasteiger partial charge in [0, 0.05) is 13.1 Å². The van der Waals surface area contributed by atoms with E-state index < -0.39 is 33.2 Å². The first kappa shape index (κ1) is 20.3. The standard InChI is InChI=1S/C20H21FN4O4S/c21-15-7-1-4-10-18(15)30(27,28)23-13-19(26)22-12-14-6-5-11-25(14)20-24-16-8-2-3-9-17(16)29-20/h1-4,7-10,14,23H,5-6,11-13H2,(H,22,26). The minimum atomic E-state index is -4.11. The summed E-state index contributed by atoms with van der Waals surface area (Å²) >= 11 is 0. The van der Waals surface area contributed by atoms with Gasteiger partial charge in [0.05, 0.1) is 12.6 Å². The molecule has 0 radical (unpaired) electrons. The van der Waals surface area contributed by atoms with Gasteiger partial charge in [0.1, 0.15) is 16.2 Å². The summed E-state index contributed by atoms with van der Waals surface area (Å²) in [5.41, 5.74) is 1.47. The average molecular weight is 432 g/mol. The van der Waals surface area contributed by atoms with Crippen LogP contribution >= 0.6 is 0 Å². The van der Waals surface area contributed by atoms with Crippen molar-refractivity contribution in [3.63, 3.8) is 0 Å². The number of nitrogens with zero attached hydrogens (tertiary/aromatic N) is 2. The molecule has 1 amide bonds. The van der Waals surface area contributed by atoms with Gasteiger partial charge in [-0.25, -0.2) is 17.5 Å². The van der Waals surface area contributed by atoms with Gasteiger partial charge in [0.25, 0.3) is 6.01 Å². The lowest BCUT2D eigenvalue weighted by molar-refractivity contribution is -0.120. The summed E-state index contributed by atoms with van der Waals surface area (Å²) in [5, 5.41) is 2.73. The lowest BCUT2D eigenvalue weighted by atomic mass is 10.2. The number of carbonyl (C=O) groups excluding carboxylic acids is 1. The highest BCUT2D eigenvalue weighted by molar-refractivity contribution is 7.89. The number of nitrogens with one attached hydrogen (secondary N) is 2. The highest BCUT2D eigenvalue weighted by Gasteiger charge is 2.29. The maximum Gasteiger partial charge on any atom is 0.298 e. The number of hydrogen-bond acceptors (Lipinski definition) is 6. The first-order chi connectivity index (χ1) is 14.4. The predicted molar refractivity (Wildman–Crippen MR) is 109 cm³/mol. The molecule has 1 aliphatic heterocycles. The molecule has 4 rings (SSSR count). The van der Waals surface area contributed by atoms with Gasteiger partial charge in [-0.1, -0.05) is 24.3 Å². The van der Waals surface area contributed by atoms with Crippen molar-refractivity contribution in [1.29, 1.82) is 0 Å². The molecule has 2 N–H and O–H groups in total. The Bertz CT molecular complexity index is 1130. The van der Waals surface area contributed by atoms with Crippen LogP contribution in [0.3, 0.4) is 0 Å². The molecule has 0 saturated carbocycles. The number of rotatable bonds is 7. The third kappa shape index (κ3) is 4.29. The fraction of sp³-hybridized carbons (Fsp3) is 0.300. The summed E-state index contributed by atoms with van der Waals surface area (Å²) in [6.07, 6.45) is 1.78. The molecule has 8 nitrogen and oxygen atoms in total. The van der Waals surface area contributed by atoms with Crippen molar-refractivity contribution in [3.05, 3.63) is 54.3 Å². The summed E-state index contributed by atoms with van der Waals surface area (Å²) < 4.78 is 46.0. The van der Waals surface area contributed by atoms with Gasteiger partial charge >= 0.3 is 0 Å². The molecule has 0 aliphatic carbocycles. The van der Waals surface area contributed by atoms with E-state index in [1.165, 1.54) is 12.1 Å². The van der Waals surface area contributed by atoms with Crippen LogP contribution in [0.1, 0.15) is 12.8 Å².